The molecule has 166 valence electrons. The Bertz CT molecular complexity index is 1280. The molecule has 0 unspecified atom stereocenters. The van der Waals surface area contributed by atoms with Crippen LogP contribution in [0.5, 0.6) is 0 Å². The van der Waals surface area contributed by atoms with E-state index in [0.29, 0.717) is 19.5 Å². The number of hydrogen-bond acceptors (Lipinski definition) is 2. The van der Waals surface area contributed by atoms with Crippen LogP contribution in [0.2, 0.25) is 0 Å². The number of carbonyl (C=O) groups excluding carboxylic acids is 1. The highest BCUT2D eigenvalue weighted by Gasteiger charge is 2.22. The first-order valence-electron chi connectivity index (χ1n) is 11.5. The summed E-state index contributed by atoms with van der Waals surface area (Å²) in [5.74, 6) is -0.221. The number of amides is 1. The number of para-hydroxylation sites is 1. The molecule has 0 saturated heterocycles. The van der Waals surface area contributed by atoms with Crippen molar-refractivity contribution in [3.8, 4) is 0 Å². The third-order valence-electron chi connectivity index (χ3n) is 6.36. The Kier molecular flexibility index (Phi) is 6.07. The molecule has 0 saturated carbocycles. The first-order chi connectivity index (χ1) is 16.2. The van der Waals surface area contributed by atoms with Crippen molar-refractivity contribution < 1.29 is 9.18 Å². The molecule has 0 atom stereocenters. The Morgan fingerprint density at radius 1 is 0.879 bits per heavy atom. The average molecular weight is 439 g/mol. The summed E-state index contributed by atoms with van der Waals surface area (Å²) in [7, 11) is 0. The van der Waals surface area contributed by atoms with Crippen LogP contribution in [0, 0.1) is 5.82 Å². The fraction of sp³-hybridized carbons (Fsp3) is 0.207. The second kappa shape index (κ2) is 9.45. The van der Waals surface area contributed by atoms with Gasteiger partial charge in [0.1, 0.15) is 5.82 Å². The number of rotatable bonds is 6. The summed E-state index contributed by atoms with van der Waals surface area (Å²) >= 11 is 0. The van der Waals surface area contributed by atoms with Gasteiger partial charge >= 0.3 is 0 Å². The molecule has 5 rings (SSSR count). The number of carbonyl (C=O) groups is 1. The molecule has 1 aliphatic heterocycles. The SMILES string of the molecule is O=C(c1cccc2c1NCCC2)N(CCc1ccc(F)cc1)Cc1ccc2ccccc2c1. The lowest BCUT2D eigenvalue weighted by Gasteiger charge is -2.27. The van der Waals surface area contributed by atoms with Gasteiger partial charge in [-0.3, -0.25) is 4.79 Å². The molecular formula is C29H27FN2O. The van der Waals surface area contributed by atoms with E-state index in [4.69, 9.17) is 0 Å². The number of nitrogens with zero attached hydrogens (tertiary/aromatic N) is 1. The summed E-state index contributed by atoms with van der Waals surface area (Å²) < 4.78 is 13.3. The summed E-state index contributed by atoms with van der Waals surface area (Å²) in [4.78, 5) is 15.7. The van der Waals surface area contributed by atoms with Gasteiger partial charge in [-0.1, -0.05) is 60.7 Å². The minimum atomic E-state index is -0.246. The summed E-state index contributed by atoms with van der Waals surface area (Å²) in [5, 5.41) is 5.80. The molecule has 1 heterocycles. The summed E-state index contributed by atoms with van der Waals surface area (Å²) in [6, 6.07) is 27.2. The van der Waals surface area contributed by atoms with Crippen molar-refractivity contribution in [1.29, 1.82) is 0 Å². The highest BCUT2D eigenvalue weighted by atomic mass is 19.1. The van der Waals surface area contributed by atoms with Crippen molar-refractivity contribution in [3.63, 3.8) is 0 Å². The average Bonchev–Trinajstić information content (AvgIpc) is 2.86. The van der Waals surface area contributed by atoms with Crippen molar-refractivity contribution >= 4 is 22.4 Å². The number of hydrogen-bond donors (Lipinski definition) is 1. The predicted octanol–water partition coefficient (Wildman–Crippen LogP) is 6.22. The molecule has 4 aromatic carbocycles. The van der Waals surface area contributed by atoms with Crippen LogP contribution in [-0.4, -0.2) is 23.9 Å². The monoisotopic (exact) mass is 438 g/mol. The smallest absolute Gasteiger partial charge is 0.256 e. The van der Waals surface area contributed by atoms with E-state index in [1.165, 1.54) is 28.5 Å². The molecule has 0 radical (unpaired) electrons. The van der Waals surface area contributed by atoms with Gasteiger partial charge < -0.3 is 10.2 Å². The minimum absolute atomic E-state index is 0.0246. The Morgan fingerprint density at radius 3 is 2.52 bits per heavy atom. The van der Waals surface area contributed by atoms with E-state index < -0.39 is 0 Å². The van der Waals surface area contributed by atoms with Crippen molar-refractivity contribution in [3.05, 3.63) is 113 Å². The topological polar surface area (TPSA) is 32.3 Å². The molecule has 0 spiro atoms. The number of halogens is 1. The van der Waals surface area contributed by atoms with Crippen LogP contribution in [0.4, 0.5) is 10.1 Å². The molecule has 4 heteroatoms. The molecular weight excluding hydrogens is 411 g/mol. The second-order valence-corrected chi connectivity index (χ2v) is 8.65. The van der Waals surface area contributed by atoms with E-state index >= 15 is 0 Å². The van der Waals surface area contributed by atoms with Gasteiger partial charge in [0.25, 0.3) is 5.91 Å². The molecule has 1 aliphatic rings. The van der Waals surface area contributed by atoms with Gasteiger partial charge in [-0.05, 0) is 71.0 Å². The molecule has 1 amide bonds. The van der Waals surface area contributed by atoms with Crippen LogP contribution < -0.4 is 5.32 Å². The molecule has 1 N–H and O–H groups in total. The van der Waals surface area contributed by atoms with Gasteiger partial charge in [0.2, 0.25) is 0 Å². The number of benzene rings is 4. The van der Waals surface area contributed by atoms with Gasteiger partial charge in [-0.15, -0.1) is 0 Å². The van der Waals surface area contributed by atoms with E-state index in [9.17, 15) is 9.18 Å². The Labute approximate surface area is 193 Å². The minimum Gasteiger partial charge on any atom is -0.384 e. The van der Waals surface area contributed by atoms with E-state index in [2.05, 4.69) is 41.7 Å². The second-order valence-electron chi connectivity index (χ2n) is 8.65. The molecule has 33 heavy (non-hydrogen) atoms. The summed E-state index contributed by atoms with van der Waals surface area (Å²) in [6.07, 6.45) is 2.74. The number of nitrogens with one attached hydrogen (secondary N) is 1. The van der Waals surface area contributed by atoms with Crippen molar-refractivity contribution in [2.75, 3.05) is 18.4 Å². The van der Waals surface area contributed by atoms with Crippen LogP contribution in [-0.2, 0) is 19.4 Å². The number of anilines is 1. The zero-order chi connectivity index (χ0) is 22.6. The van der Waals surface area contributed by atoms with E-state index in [1.807, 2.05) is 29.2 Å². The van der Waals surface area contributed by atoms with Gasteiger partial charge in [-0.2, -0.15) is 0 Å². The molecule has 0 fully saturated rings. The Hall–Kier alpha value is -3.66. The third kappa shape index (κ3) is 4.75. The Morgan fingerprint density at radius 2 is 1.67 bits per heavy atom. The molecule has 0 aliphatic carbocycles. The fourth-order valence-corrected chi connectivity index (χ4v) is 4.58. The first kappa shape index (κ1) is 21.2. The largest absolute Gasteiger partial charge is 0.384 e. The highest BCUT2D eigenvalue weighted by Crippen LogP contribution is 2.28. The maximum absolute atomic E-state index is 13.8. The van der Waals surface area contributed by atoms with Crippen LogP contribution in [0.3, 0.4) is 0 Å². The van der Waals surface area contributed by atoms with E-state index in [0.717, 1.165) is 41.8 Å². The lowest BCUT2D eigenvalue weighted by molar-refractivity contribution is 0.0746. The van der Waals surface area contributed by atoms with Gasteiger partial charge in [0, 0.05) is 19.6 Å². The van der Waals surface area contributed by atoms with Crippen LogP contribution in [0.25, 0.3) is 10.8 Å². The normalized spacial score (nSPS) is 12.8. The van der Waals surface area contributed by atoms with Crippen LogP contribution >= 0.6 is 0 Å². The fourth-order valence-electron chi connectivity index (χ4n) is 4.58. The number of fused-ring (bicyclic) bond motifs is 2. The maximum atomic E-state index is 13.8. The van der Waals surface area contributed by atoms with E-state index in [1.54, 1.807) is 12.1 Å². The van der Waals surface area contributed by atoms with Gasteiger partial charge in [0.05, 0.1) is 11.3 Å². The standard InChI is InChI=1S/C29H27FN2O/c30-26-14-11-21(12-15-26)16-18-32(20-22-10-13-23-5-1-2-6-25(23)19-22)29(33)27-9-3-7-24-8-4-17-31-28(24)27/h1-3,5-7,9-15,19,31H,4,8,16-18,20H2. The van der Waals surface area contributed by atoms with E-state index in [-0.39, 0.29) is 11.7 Å². The van der Waals surface area contributed by atoms with Crippen molar-refractivity contribution in [2.45, 2.75) is 25.8 Å². The Balaban J connectivity index is 1.44. The zero-order valence-electron chi connectivity index (χ0n) is 18.6. The highest BCUT2D eigenvalue weighted by molar-refractivity contribution is 6.00. The quantitative estimate of drug-likeness (QED) is 0.387. The first-order valence-corrected chi connectivity index (χ1v) is 11.5. The lowest BCUT2D eigenvalue weighted by Crippen LogP contribution is -2.33. The van der Waals surface area contributed by atoms with Crippen LogP contribution in [0.15, 0.2) is 84.9 Å². The zero-order valence-corrected chi connectivity index (χ0v) is 18.6. The van der Waals surface area contributed by atoms with Gasteiger partial charge in [0.15, 0.2) is 0 Å². The molecule has 0 bridgehead atoms. The molecule has 0 aromatic heterocycles. The maximum Gasteiger partial charge on any atom is 0.256 e. The lowest BCUT2D eigenvalue weighted by atomic mass is 9.98. The third-order valence-corrected chi connectivity index (χ3v) is 6.36. The predicted molar refractivity (Wildman–Crippen MR) is 132 cm³/mol. The number of aryl methyl sites for hydroxylation is 1. The summed E-state index contributed by atoms with van der Waals surface area (Å²) in [5.41, 5.74) is 5.02. The van der Waals surface area contributed by atoms with Crippen molar-refractivity contribution in [1.82, 2.24) is 4.90 Å². The molecule has 4 aromatic rings. The van der Waals surface area contributed by atoms with Crippen molar-refractivity contribution in [2.24, 2.45) is 0 Å². The van der Waals surface area contributed by atoms with Gasteiger partial charge in [-0.25, -0.2) is 4.39 Å². The van der Waals surface area contributed by atoms with Crippen LogP contribution in [0.1, 0.15) is 33.5 Å². The molecule has 3 nitrogen and oxygen atoms in total. The summed E-state index contributed by atoms with van der Waals surface area (Å²) in [6.45, 7) is 1.97.